The van der Waals surface area contributed by atoms with Gasteiger partial charge in [0.05, 0.1) is 18.2 Å². The fourth-order valence-electron chi connectivity index (χ4n) is 4.25. The van der Waals surface area contributed by atoms with Crippen LogP contribution in [0.3, 0.4) is 0 Å². The summed E-state index contributed by atoms with van der Waals surface area (Å²) in [6, 6.07) is 13.3. The van der Waals surface area contributed by atoms with Crippen LogP contribution in [-0.4, -0.2) is 34.8 Å². The summed E-state index contributed by atoms with van der Waals surface area (Å²) in [6.45, 7) is 5.12. The monoisotopic (exact) mass is 481 g/mol. The molecule has 0 spiro atoms. The Morgan fingerprint density at radius 1 is 1.09 bits per heavy atom. The molecule has 1 unspecified atom stereocenters. The molecule has 0 fully saturated rings. The lowest BCUT2D eigenvalue weighted by atomic mass is 9.95. The summed E-state index contributed by atoms with van der Waals surface area (Å²) < 4.78 is 11.5. The van der Waals surface area contributed by atoms with Crippen LogP contribution in [0.1, 0.15) is 61.7 Å². The molecule has 1 atom stereocenters. The zero-order chi connectivity index (χ0) is 24.2. The second-order valence-electron chi connectivity index (χ2n) is 8.41. The number of carbonyl (C=O) groups excluding carboxylic acids is 2. The molecule has 34 heavy (non-hydrogen) atoms. The molecule has 0 bridgehead atoms. The van der Waals surface area contributed by atoms with Crippen LogP contribution in [0.4, 0.5) is 0 Å². The number of halogens is 1. The topological polar surface area (TPSA) is 80.0 Å². The smallest absolute Gasteiger partial charge is 0.290 e. The lowest BCUT2D eigenvalue weighted by Crippen LogP contribution is -2.31. The third-order valence-electron chi connectivity index (χ3n) is 5.93. The normalized spacial score (nSPS) is 16.0. The van der Waals surface area contributed by atoms with E-state index in [0.717, 1.165) is 25.0 Å². The van der Waals surface area contributed by atoms with E-state index in [-0.39, 0.29) is 11.3 Å². The molecule has 0 saturated carbocycles. The number of amides is 1. The van der Waals surface area contributed by atoms with Crippen molar-refractivity contribution in [3.05, 3.63) is 76.2 Å². The molecule has 6 nitrogen and oxygen atoms in total. The van der Waals surface area contributed by atoms with E-state index < -0.39 is 23.5 Å². The highest BCUT2D eigenvalue weighted by atomic mass is 35.5. The summed E-state index contributed by atoms with van der Waals surface area (Å²) in [5, 5.41) is 11.9. The van der Waals surface area contributed by atoms with Gasteiger partial charge in [0.1, 0.15) is 11.3 Å². The van der Waals surface area contributed by atoms with Gasteiger partial charge in [-0.2, -0.15) is 0 Å². The first kappa shape index (κ1) is 23.9. The van der Waals surface area contributed by atoms with E-state index in [9.17, 15) is 14.7 Å². The molecule has 7 heteroatoms. The maximum atomic E-state index is 13.5. The molecule has 1 aliphatic heterocycles. The summed E-state index contributed by atoms with van der Waals surface area (Å²) in [5.41, 5.74) is 1.23. The van der Waals surface area contributed by atoms with Crippen molar-refractivity contribution in [1.82, 2.24) is 4.90 Å². The Hall–Kier alpha value is -3.25. The van der Waals surface area contributed by atoms with Gasteiger partial charge in [0.15, 0.2) is 11.5 Å². The Morgan fingerprint density at radius 2 is 1.85 bits per heavy atom. The second kappa shape index (κ2) is 10.3. The summed E-state index contributed by atoms with van der Waals surface area (Å²) in [7, 11) is 0. The minimum absolute atomic E-state index is 0.0141. The van der Waals surface area contributed by atoms with Crippen LogP contribution in [0.2, 0.25) is 5.02 Å². The Morgan fingerprint density at radius 3 is 2.56 bits per heavy atom. The van der Waals surface area contributed by atoms with Gasteiger partial charge in [-0.15, -0.1) is 0 Å². The maximum absolute atomic E-state index is 13.5. The van der Waals surface area contributed by atoms with Crippen molar-refractivity contribution in [1.29, 1.82) is 0 Å². The Bertz CT molecular complexity index is 1230. The molecule has 1 aliphatic rings. The number of carbonyl (C=O) groups is 2. The quantitative estimate of drug-likeness (QED) is 0.259. The molecular formula is C27H28ClNO5. The number of unbranched alkanes of at least 4 members (excludes halogenated alkanes) is 2. The fraction of sp³-hybridized carbons (Fsp3) is 0.333. The number of rotatable bonds is 10. The van der Waals surface area contributed by atoms with Gasteiger partial charge in [0.2, 0.25) is 5.78 Å². The largest absolute Gasteiger partial charge is 0.503 e. The van der Waals surface area contributed by atoms with Gasteiger partial charge in [-0.1, -0.05) is 50.4 Å². The van der Waals surface area contributed by atoms with E-state index in [1.54, 1.807) is 24.3 Å². The highest BCUT2D eigenvalue weighted by molar-refractivity contribution is 6.31. The SMILES string of the molecule is CCCCCOc1ccc(C2C(C(=O)c3cc4cc(Cl)ccc4o3)=C(O)C(=O)N2CCC)cc1. The van der Waals surface area contributed by atoms with Gasteiger partial charge < -0.3 is 19.2 Å². The zero-order valence-electron chi connectivity index (χ0n) is 19.3. The van der Waals surface area contributed by atoms with Crippen molar-refractivity contribution >= 4 is 34.3 Å². The van der Waals surface area contributed by atoms with Crippen molar-refractivity contribution in [3.63, 3.8) is 0 Å². The molecule has 2 heterocycles. The molecular weight excluding hydrogens is 454 g/mol. The lowest BCUT2D eigenvalue weighted by molar-refractivity contribution is -0.129. The van der Waals surface area contributed by atoms with Gasteiger partial charge in [-0.25, -0.2) is 0 Å². The highest BCUT2D eigenvalue weighted by Gasteiger charge is 2.44. The number of fused-ring (bicyclic) bond motifs is 1. The maximum Gasteiger partial charge on any atom is 0.290 e. The first-order valence-electron chi connectivity index (χ1n) is 11.6. The Kier molecular flexibility index (Phi) is 7.27. The summed E-state index contributed by atoms with van der Waals surface area (Å²) in [5.74, 6) is -0.856. The summed E-state index contributed by atoms with van der Waals surface area (Å²) >= 11 is 6.06. The summed E-state index contributed by atoms with van der Waals surface area (Å²) in [4.78, 5) is 27.9. The van der Waals surface area contributed by atoms with Crippen LogP contribution in [0.15, 0.2) is 64.3 Å². The summed E-state index contributed by atoms with van der Waals surface area (Å²) in [6.07, 6.45) is 3.89. The Labute approximate surface area is 203 Å². The molecule has 0 saturated heterocycles. The number of benzene rings is 2. The van der Waals surface area contributed by atoms with E-state index in [1.165, 1.54) is 4.90 Å². The number of hydrogen-bond acceptors (Lipinski definition) is 5. The molecule has 178 valence electrons. The van der Waals surface area contributed by atoms with Crippen LogP contribution in [0.5, 0.6) is 5.75 Å². The van der Waals surface area contributed by atoms with Crippen LogP contribution in [0, 0.1) is 0 Å². The molecule has 1 aromatic heterocycles. The van der Waals surface area contributed by atoms with Crippen molar-refractivity contribution < 1.29 is 23.8 Å². The van der Waals surface area contributed by atoms with Crippen molar-refractivity contribution in [2.45, 2.75) is 45.6 Å². The molecule has 1 amide bonds. The van der Waals surface area contributed by atoms with Gasteiger partial charge in [-0.05, 0) is 54.8 Å². The van der Waals surface area contributed by atoms with E-state index in [2.05, 4.69) is 6.92 Å². The Balaban J connectivity index is 1.66. The minimum Gasteiger partial charge on any atom is -0.503 e. The number of Topliss-reactive ketones (excluding diaryl/α,β-unsaturated/α-hetero) is 1. The predicted octanol–water partition coefficient (Wildman–Crippen LogP) is 6.64. The van der Waals surface area contributed by atoms with Crippen LogP contribution < -0.4 is 4.74 Å². The van der Waals surface area contributed by atoms with Crippen molar-refractivity contribution in [2.24, 2.45) is 0 Å². The molecule has 4 rings (SSSR count). The molecule has 1 N–H and O–H groups in total. The number of aliphatic hydroxyl groups is 1. The average Bonchev–Trinajstić information content (AvgIpc) is 3.36. The van der Waals surface area contributed by atoms with Gasteiger partial charge in [0.25, 0.3) is 5.91 Å². The van der Waals surface area contributed by atoms with Crippen LogP contribution >= 0.6 is 11.6 Å². The number of nitrogens with zero attached hydrogens (tertiary/aromatic N) is 1. The van der Waals surface area contributed by atoms with Gasteiger partial charge >= 0.3 is 0 Å². The van der Waals surface area contributed by atoms with Crippen LogP contribution in [0.25, 0.3) is 11.0 Å². The number of ether oxygens (including phenoxy) is 1. The highest BCUT2D eigenvalue weighted by Crippen LogP contribution is 2.40. The van der Waals surface area contributed by atoms with Crippen LogP contribution in [-0.2, 0) is 4.79 Å². The molecule has 2 aromatic carbocycles. The van der Waals surface area contributed by atoms with Gasteiger partial charge in [0, 0.05) is 17.0 Å². The zero-order valence-corrected chi connectivity index (χ0v) is 20.1. The van der Waals surface area contributed by atoms with Crippen molar-refractivity contribution in [3.8, 4) is 5.75 Å². The molecule has 3 aromatic rings. The molecule has 0 radical (unpaired) electrons. The second-order valence-corrected chi connectivity index (χ2v) is 8.85. The number of hydrogen-bond donors (Lipinski definition) is 1. The number of ketones is 1. The minimum atomic E-state index is -0.717. The predicted molar refractivity (Wildman–Crippen MR) is 131 cm³/mol. The third-order valence-corrected chi connectivity index (χ3v) is 6.16. The first-order valence-corrected chi connectivity index (χ1v) is 12.0. The van der Waals surface area contributed by atoms with E-state index in [1.807, 2.05) is 31.2 Å². The fourth-order valence-corrected chi connectivity index (χ4v) is 4.43. The van der Waals surface area contributed by atoms with E-state index >= 15 is 0 Å². The van der Waals surface area contributed by atoms with Gasteiger partial charge in [-0.3, -0.25) is 9.59 Å². The number of aliphatic hydroxyl groups excluding tert-OH is 1. The van der Waals surface area contributed by atoms with E-state index in [4.69, 9.17) is 20.8 Å². The standard InChI is InChI=1S/C27H28ClNO5/c1-3-5-6-14-33-20-10-7-17(8-11-20)24-23(26(31)27(32)29(24)13-4-2)25(30)22-16-18-15-19(28)9-12-21(18)34-22/h7-12,15-16,24,31H,3-6,13-14H2,1-2H3. The third kappa shape index (κ3) is 4.68. The van der Waals surface area contributed by atoms with E-state index in [0.29, 0.717) is 41.1 Å². The lowest BCUT2D eigenvalue weighted by Gasteiger charge is -2.26. The number of furan rings is 1. The van der Waals surface area contributed by atoms with Crippen molar-refractivity contribution in [2.75, 3.05) is 13.2 Å². The average molecular weight is 482 g/mol. The molecule has 0 aliphatic carbocycles. The first-order chi connectivity index (χ1) is 16.4.